The first-order valence-electron chi connectivity index (χ1n) is 7.22. The van der Waals surface area contributed by atoms with Crippen molar-refractivity contribution >= 4 is 10.8 Å². The highest BCUT2D eigenvalue weighted by atomic mass is 16.5. The van der Waals surface area contributed by atoms with E-state index >= 15 is 0 Å². The van der Waals surface area contributed by atoms with Gasteiger partial charge in [0.25, 0.3) is 0 Å². The van der Waals surface area contributed by atoms with Crippen molar-refractivity contribution in [3.63, 3.8) is 0 Å². The molecule has 2 aromatic rings. The number of hydrogen-bond donors (Lipinski definition) is 1. The Hall–Kier alpha value is -1.54. The summed E-state index contributed by atoms with van der Waals surface area (Å²) in [4.78, 5) is 0. The molecule has 0 saturated carbocycles. The van der Waals surface area contributed by atoms with E-state index < -0.39 is 0 Å². The van der Waals surface area contributed by atoms with Crippen molar-refractivity contribution in [2.75, 3.05) is 6.54 Å². The fourth-order valence-corrected chi connectivity index (χ4v) is 2.86. The zero-order valence-electron chi connectivity index (χ0n) is 11.4. The van der Waals surface area contributed by atoms with Gasteiger partial charge in [-0.3, -0.25) is 0 Å². The van der Waals surface area contributed by atoms with Crippen molar-refractivity contribution in [3.05, 3.63) is 42.5 Å². The lowest BCUT2D eigenvalue weighted by Crippen LogP contribution is -2.44. The first-order chi connectivity index (χ1) is 9.34. The number of hydrogen-bond acceptors (Lipinski definition) is 2. The van der Waals surface area contributed by atoms with Gasteiger partial charge < -0.3 is 10.1 Å². The average Bonchev–Trinajstić information content (AvgIpc) is 2.48. The van der Waals surface area contributed by atoms with E-state index in [2.05, 4.69) is 54.7 Å². The van der Waals surface area contributed by atoms with Crippen molar-refractivity contribution in [2.45, 2.75) is 38.3 Å². The SMILES string of the molecule is CC(Oc1cccc2ccccc12)C1CCCCN1. The van der Waals surface area contributed by atoms with E-state index in [0.717, 1.165) is 12.3 Å². The molecule has 0 amide bonds. The van der Waals surface area contributed by atoms with Crippen molar-refractivity contribution in [3.8, 4) is 5.75 Å². The molecular formula is C17H21NO. The number of benzene rings is 2. The molecule has 1 aliphatic rings. The second kappa shape index (κ2) is 5.62. The van der Waals surface area contributed by atoms with Gasteiger partial charge in [0.15, 0.2) is 0 Å². The van der Waals surface area contributed by atoms with Crippen LogP contribution in [-0.2, 0) is 0 Å². The fourth-order valence-electron chi connectivity index (χ4n) is 2.86. The summed E-state index contributed by atoms with van der Waals surface area (Å²) in [6.07, 6.45) is 4.02. The molecule has 3 rings (SSSR count). The van der Waals surface area contributed by atoms with E-state index in [1.165, 1.54) is 30.0 Å². The Kier molecular flexibility index (Phi) is 3.69. The van der Waals surface area contributed by atoms with Crippen molar-refractivity contribution in [2.24, 2.45) is 0 Å². The number of rotatable bonds is 3. The van der Waals surface area contributed by atoms with Crippen LogP contribution in [0.5, 0.6) is 5.75 Å². The number of piperidine rings is 1. The monoisotopic (exact) mass is 255 g/mol. The molecule has 0 bridgehead atoms. The van der Waals surface area contributed by atoms with Gasteiger partial charge in [-0.1, -0.05) is 42.8 Å². The van der Waals surface area contributed by atoms with Crippen molar-refractivity contribution < 1.29 is 4.74 Å². The largest absolute Gasteiger partial charge is 0.488 e. The van der Waals surface area contributed by atoms with Crippen LogP contribution in [0.4, 0.5) is 0 Å². The minimum absolute atomic E-state index is 0.214. The van der Waals surface area contributed by atoms with Crippen LogP contribution in [0, 0.1) is 0 Å². The molecule has 2 heteroatoms. The average molecular weight is 255 g/mol. The summed E-state index contributed by atoms with van der Waals surface area (Å²) < 4.78 is 6.20. The van der Waals surface area contributed by atoms with Gasteiger partial charge in [-0.05, 0) is 37.8 Å². The summed E-state index contributed by atoms with van der Waals surface area (Å²) >= 11 is 0. The maximum absolute atomic E-state index is 6.20. The smallest absolute Gasteiger partial charge is 0.127 e. The van der Waals surface area contributed by atoms with E-state index in [1.807, 2.05) is 0 Å². The summed E-state index contributed by atoms with van der Waals surface area (Å²) in [7, 11) is 0. The molecule has 0 spiro atoms. The number of nitrogens with one attached hydrogen (secondary N) is 1. The molecule has 0 aliphatic carbocycles. The summed E-state index contributed by atoms with van der Waals surface area (Å²) in [6, 6.07) is 15.1. The second-order valence-electron chi connectivity index (χ2n) is 5.36. The minimum atomic E-state index is 0.214. The molecule has 2 unspecified atom stereocenters. The molecule has 2 nitrogen and oxygen atoms in total. The Balaban J connectivity index is 1.80. The topological polar surface area (TPSA) is 21.3 Å². The molecule has 1 fully saturated rings. The van der Waals surface area contributed by atoms with E-state index in [1.54, 1.807) is 0 Å². The van der Waals surface area contributed by atoms with E-state index in [4.69, 9.17) is 4.74 Å². The van der Waals surface area contributed by atoms with Crippen LogP contribution in [0.1, 0.15) is 26.2 Å². The van der Waals surface area contributed by atoms with Crippen LogP contribution in [0.25, 0.3) is 10.8 Å². The molecule has 0 aromatic heterocycles. The van der Waals surface area contributed by atoms with Gasteiger partial charge in [-0.2, -0.15) is 0 Å². The molecule has 100 valence electrons. The molecule has 0 radical (unpaired) electrons. The number of ether oxygens (including phenoxy) is 1. The zero-order valence-corrected chi connectivity index (χ0v) is 11.4. The van der Waals surface area contributed by atoms with Gasteiger partial charge in [-0.15, -0.1) is 0 Å². The van der Waals surface area contributed by atoms with Gasteiger partial charge in [0, 0.05) is 11.4 Å². The lowest BCUT2D eigenvalue weighted by atomic mass is 10.0. The normalized spacial score (nSPS) is 21.2. The second-order valence-corrected chi connectivity index (χ2v) is 5.36. The van der Waals surface area contributed by atoms with Gasteiger partial charge in [0.1, 0.15) is 11.9 Å². The standard InChI is InChI=1S/C17H21NO/c1-13(16-10-4-5-12-18-16)19-17-11-6-8-14-7-2-3-9-15(14)17/h2-3,6-9,11,13,16,18H,4-5,10,12H2,1H3. The maximum atomic E-state index is 6.20. The van der Waals surface area contributed by atoms with Crippen LogP contribution < -0.4 is 10.1 Å². The van der Waals surface area contributed by atoms with Gasteiger partial charge in [0.2, 0.25) is 0 Å². The van der Waals surface area contributed by atoms with Crippen molar-refractivity contribution in [1.29, 1.82) is 0 Å². The molecule has 1 heterocycles. The van der Waals surface area contributed by atoms with Gasteiger partial charge >= 0.3 is 0 Å². The lowest BCUT2D eigenvalue weighted by Gasteiger charge is -2.29. The lowest BCUT2D eigenvalue weighted by molar-refractivity contribution is 0.154. The third kappa shape index (κ3) is 2.74. The Morgan fingerprint density at radius 3 is 2.79 bits per heavy atom. The molecule has 19 heavy (non-hydrogen) atoms. The number of fused-ring (bicyclic) bond motifs is 1. The quantitative estimate of drug-likeness (QED) is 0.902. The molecule has 1 aliphatic heterocycles. The molecule has 2 aromatic carbocycles. The van der Waals surface area contributed by atoms with E-state index in [-0.39, 0.29) is 6.10 Å². The maximum Gasteiger partial charge on any atom is 0.127 e. The summed E-state index contributed by atoms with van der Waals surface area (Å²) in [5.41, 5.74) is 0. The summed E-state index contributed by atoms with van der Waals surface area (Å²) in [6.45, 7) is 3.29. The highest BCUT2D eigenvalue weighted by Gasteiger charge is 2.21. The Labute approximate surface area is 114 Å². The van der Waals surface area contributed by atoms with E-state index in [9.17, 15) is 0 Å². The highest BCUT2D eigenvalue weighted by Crippen LogP contribution is 2.27. The Morgan fingerprint density at radius 1 is 1.11 bits per heavy atom. The minimum Gasteiger partial charge on any atom is -0.488 e. The molecule has 1 N–H and O–H groups in total. The van der Waals surface area contributed by atoms with Crippen LogP contribution in [0.15, 0.2) is 42.5 Å². The zero-order chi connectivity index (χ0) is 13.1. The van der Waals surface area contributed by atoms with Crippen LogP contribution in [0.2, 0.25) is 0 Å². The summed E-state index contributed by atoms with van der Waals surface area (Å²) in [5.74, 6) is 0.998. The Morgan fingerprint density at radius 2 is 1.95 bits per heavy atom. The highest BCUT2D eigenvalue weighted by molar-refractivity contribution is 5.88. The molecular weight excluding hydrogens is 234 g/mol. The first kappa shape index (κ1) is 12.5. The van der Waals surface area contributed by atoms with Crippen LogP contribution in [0.3, 0.4) is 0 Å². The van der Waals surface area contributed by atoms with Crippen molar-refractivity contribution in [1.82, 2.24) is 5.32 Å². The molecule has 2 atom stereocenters. The first-order valence-corrected chi connectivity index (χ1v) is 7.22. The van der Waals surface area contributed by atoms with E-state index in [0.29, 0.717) is 6.04 Å². The third-order valence-corrected chi connectivity index (χ3v) is 3.98. The fraction of sp³-hybridized carbons (Fsp3) is 0.412. The van der Waals surface area contributed by atoms with Crippen LogP contribution in [-0.4, -0.2) is 18.7 Å². The molecule has 1 saturated heterocycles. The predicted octanol–water partition coefficient (Wildman–Crippen LogP) is 3.75. The predicted molar refractivity (Wildman–Crippen MR) is 79.7 cm³/mol. The third-order valence-electron chi connectivity index (χ3n) is 3.98. The Bertz CT molecular complexity index is 540. The van der Waals surface area contributed by atoms with Gasteiger partial charge in [-0.25, -0.2) is 0 Å². The van der Waals surface area contributed by atoms with Crippen LogP contribution >= 0.6 is 0 Å². The summed E-state index contributed by atoms with van der Waals surface area (Å²) in [5, 5.41) is 6.00. The van der Waals surface area contributed by atoms with Gasteiger partial charge in [0.05, 0.1) is 0 Å².